The van der Waals surface area contributed by atoms with Gasteiger partial charge >= 0.3 is 0 Å². The highest BCUT2D eigenvalue weighted by Crippen LogP contribution is 2.28. The number of aromatic nitrogens is 1. The third kappa shape index (κ3) is 1.37. The third-order valence-electron chi connectivity index (χ3n) is 2.54. The number of nitrogens with one attached hydrogen (secondary N) is 1. The number of rotatable bonds is 2. The Morgan fingerprint density at radius 2 is 2.07 bits per heavy atom. The molecule has 0 atom stereocenters. The normalized spacial score (nSPS) is 11.1. The van der Waals surface area contributed by atoms with Gasteiger partial charge in [-0.2, -0.15) is 0 Å². The molecule has 1 aromatic carbocycles. The van der Waals surface area contributed by atoms with Gasteiger partial charge in [-0.1, -0.05) is 13.8 Å². The fourth-order valence-electron chi connectivity index (χ4n) is 1.73. The number of fused-ring (bicyclic) bond motifs is 1. The molecule has 0 amide bonds. The highest BCUT2D eigenvalue weighted by atomic mass is 16.5. The van der Waals surface area contributed by atoms with Gasteiger partial charge in [0.05, 0.1) is 7.11 Å². The number of H-pyrrole nitrogens is 1. The Morgan fingerprint density at radius 3 is 2.71 bits per heavy atom. The predicted molar refractivity (Wildman–Crippen MR) is 58.9 cm³/mol. The zero-order valence-electron chi connectivity index (χ0n) is 8.79. The van der Waals surface area contributed by atoms with Crippen LogP contribution in [0.1, 0.15) is 25.3 Å². The van der Waals surface area contributed by atoms with Gasteiger partial charge in [0.1, 0.15) is 5.75 Å². The second-order valence-corrected chi connectivity index (χ2v) is 3.81. The maximum atomic E-state index is 5.21. The third-order valence-corrected chi connectivity index (χ3v) is 2.54. The van der Waals surface area contributed by atoms with Crippen LogP contribution in [0.2, 0.25) is 0 Å². The van der Waals surface area contributed by atoms with Crippen molar-refractivity contribution in [3.05, 3.63) is 30.0 Å². The van der Waals surface area contributed by atoms with Gasteiger partial charge in [-0.3, -0.25) is 0 Å². The summed E-state index contributed by atoms with van der Waals surface area (Å²) in [4.78, 5) is 3.27. The molecule has 0 aliphatic carbocycles. The summed E-state index contributed by atoms with van der Waals surface area (Å²) in [5.41, 5.74) is 2.52. The van der Waals surface area contributed by atoms with Crippen molar-refractivity contribution in [1.29, 1.82) is 0 Å². The molecule has 0 radical (unpaired) electrons. The molecule has 2 heteroatoms. The molecule has 2 aromatic rings. The maximum Gasteiger partial charge on any atom is 0.119 e. The van der Waals surface area contributed by atoms with E-state index in [1.165, 1.54) is 16.5 Å². The number of hydrogen-bond acceptors (Lipinski definition) is 1. The van der Waals surface area contributed by atoms with Crippen LogP contribution in [0.4, 0.5) is 0 Å². The molecule has 14 heavy (non-hydrogen) atoms. The van der Waals surface area contributed by atoms with E-state index >= 15 is 0 Å². The lowest BCUT2D eigenvalue weighted by molar-refractivity contribution is 0.415. The van der Waals surface area contributed by atoms with E-state index in [4.69, 9.17) is 4.74 Å². The monoisotopic (exact) mass is 189 g/mol. The molecule has 0 aliphatic rings. The van der Waals surface area contributed by atoms with E-state index in [0.29, 0.717) is 5.92 Å². The Bertz CT molecular complexity index is 443. The molecule has 0 saturated heterocycles. The fourth-order valence-corrected chi connectivity index (χ4v) is 1.73. The lowest BCUT2D eigenvalue weighted by Gasteiger charge is -2.03. The van der Waals surface area contributed by atoms with E-state index < -0.39 is 0 Å². The first kappa shape index (κ1) is 9.13. The number of hydrogen-bond donors (Lipinski definition) is 1. The van der Waals surface area contributed by atoms with Crippen molar-refractivity contribution < 1.29 is 4.74 Å². The second-order valence-electron chi connectivity index (χ2n) is 3.81. The smallest absolute Gasteiger partial charge is 0.119 e. The minimum Gasteiger partial charge on any atom is -0.497 e. The molecular weight excluding hydrogens is 174 g/mol. The largest absolute Gasteiger partial charge is 0.497 e. The first-order valence-electron chi connectivity index (χ1n) is 4.87. The summed E-state index contributed by atoms with van der Waals surface area (Å²) in [6.45, 7) is 4.39. The zero-order chi connectivity index (χ0) is 10.1. The molecule has 2 rings (SSSR count). The van der Waals surface area contributed by atoms with Crippen molar-refractivity contribution in [2.75, 3.05) is 7.11 Å². The van der Waals surface area contributed by atoms with Crippen LogP contribution in [0.25, 0.3) is 10.9 Å². The minimum absolute atomic E-state index is 0.538. The molecule has 1 aromatic heterocycles. The average Bonchev–Trinajstić information content (AvgIpc) is 2.59. The van der Waals surface area contributed by atoms with Crippen LogP contribution in [0.15, 0.2) is 24.4 Å². The molecule has 0 bridgehead atoms. The van der Waals surface area contributed by atoms with Crippen molar-refractivity contribution in [3.63, 3.8) is 0 Å². The molecular formula is C12H15NO. The fraction of sp³-hybridized carbons (Fsp3) is 0.333. The number of methoxy groups -OCH3 is 1. The van der Waals surface area contributed by atoms with Crippen molar-refractivity contribution in [2.45, 2.75) is 19.8 Å². The average molecular weight is 189 g/mol. The van der Waals surface area contributed by atoms with Gasteiger partial charge in [-0.15, -0.1) is 0 Å². The molecule has 0 aliphatic heterocycles. The lowest BCUT2D eigenvalue weighted by atomic mass is 10.0. The van der Waals surface area contributed by atoms with Crippen LogP contribution in [0.3, 0.4) is 0 Å². The highest BCUT2D eigenvalue weighted by molar-refractivity contribution is 5.85. The number of benzene rings is 1. The topological polar surface area (TPSA) is 25.0 Å². The number of aromatic amines is 1. The van der Waals surface area contributed by atoms with Crippen molar-refractivity contribution in [3.8, 4) is 5.75 Å². The highest BCUT2D eigenvalue weighted by Gasteiger charge is 2.07. The molecule has 1 heterocycles. The summed E-state index contributed by atoms with van der Waals surface area (Å²) in [6.07, 6.45) is 2.08. The van der Waals surface area contributed by atoms with E-state index in [9.17, 15) is 0 Å². The van der Waals surface area contributed by atoms with Crippen molar-refractivity contribution in [1.82, 2.24) is 4.98 Å². The molecule has 1 N–H and O–H groups in total. The first-order chi connectivity index (χ1) is 6.72. The van der Waals surface area contributed by atoms with Crippen LogP contribution in [-0.2, 0) is 0 Å². The molecule has 0 spiro atoms. The second kappa shape index (κ2) is 3.37. The molecule has 0 fully saturated rings. The molecule has 0 unspecified atom stereocenters. The Hall–Kier alpha value is -1.44. The Kier molecular flexibility index (Phi) is 2.20. The summed E-state index contributed by atoms with van der Waals surface area (Å²) in [7, 11) is 1.70. The summed E-state index contributed by atoms with van der Waals surface area (Å²) in [5.74, 6) is 1.45. The van der Waals surface area contributed by atoms with Gasteiger partial charge in [0.15, 0.2) is 0 Å². The summed E-state index contributed by atoms with van der Waals surface area (Å²) >= 11 is 0. The van der Waals surface area contributed by atoms with E-state index in [2.05, 4.69) is 37.2 Å². The summed E-state index contributed by atoms with van der Waals surface area (Å²) in [5, 5.41) is 1.26. The Labute approximate surface area is 83.9 Å². The Balaban J connectivity index is 2.63. The standard InChI is InChI=1S/C12H15NO/c1-8(2)11-7-13-12-5-4-9(14-3)6-10(11)12/h4-8,13H,1-3H3. The van der Waals surface area contributed by atoms with Gasteiger partial charge in [-0.05, 0) is 29.7 Å². The maximum absolute atomic E-state index is 5.21. The minimum atomic E-state index is 0.538. The van der Waals surface area contributed by atoms with Gasteiger partial charge in [0.2, 0.25) is 0 Å². The van der Waals surface area contributed by atoms with Crippen molar-refractivity contribution >= 4 is 10.9 Å². The van der Waals surface area contributed by atoms with Crippen LogP contribution < -0.4 is 4.74 Å². The zero-order valence-corrected chi connectivity index (χ0v) is 8.79. The van der Waals surface area contributed by atoms with E-state index in [1.54, 1.807) is 7.11 Å². The van der Waals surface area contributed by atoms with E-state index in [-0.39, 0.29) is 0 Å². The van der Waals surface area contributed by atoms with E-state index in [0.717, 1.165) is 5.75 Å². The summed E-state index contributed by atoms with van der Waals surface area (Å²) < 4.78 is 5.21. The van der Waals surface area contributed by atoms with Gasteiger partial charge in [-0.25, -0.2) is 0 Å². The van der Waals surface area contributed by atoms with Gasteiger partial charge in [0, 0.05) is 17.1 Å². The summed E-state index contributed by atoms with van der Waals surface area (Å²) in [6, 6.07) is 6.12. The van der Waals surface area contributed by atoms with Crippen LogP contribution in [0, 0.1) is 0 Å². The predicted octanol–water partition coefficient (Wildman–Crippen LogP) is 3.30. The molecule has 2 nitrogen and oxygen atoms in total. The van der Waals surface area contributed by atoms with Crippen LogP contribution >= 0.6 is 0 Å². The molecule has 74 valence electrons. The quantitative estimate of drug-likeness (QED) is 0.770. The lowest BCUT2D eigenvalue weighted by Crippen LogP contribution is -1.85. The van der Waals surface area contributed by atoms with Gasteiger partial charge < -0.3 is 9.72 Å². The van der Waals surface area contributed by atoms with Crippen LogP contribution in [-0.4, -0.2) is 12.1 Å². The number of ether oxygens (including phenoxy) is 1. The van der Waals surface area contributed by atoms with Crippen molar-refractivity contribution in [2.24, 2.45) is 0 Å². The van der Waals surface area contributed by atoms with Crippen LogP contribution in [0.5, 0.6) is 5.75 Å². The first-order valence-corrected chi connectivity index (χ1v) is 4.87. The van der Waals surface area contributed by atoms with Gasteiger partial charge in [0.25, 0.3) is 0 Å². The van der Waals surface area contributed by atoms with E-state index in [1.807, 2.05) is 6.07 Å². The SMILES string of the molecule is COc1ccc2[nH]cc(C(C)C)c2c1. The molecule has 0 saturated carbocycles. The Morgan fingerprint density at radius 1 is 1.29 bits per heavy atom.